The van der Waals surface area contributed by atoms with Gasteiger partial charge in [-0.2, -0.15) is 0 Å². The van der Waals surface area contributed by atoms with Crippen LogP contribution in [0.4, 0.5) is 0 Å². The summed E-state index contributed by atoms with van der Waals surface area (Å²) in [6.45, 7) is 1.98. The molecule has 0 bridgehead atoms. The summed E-state index contributed by atoms with van der Waals surface area (Å²) >= 11 is 4.89. The molecule has 0 radical (unpaired) electrons. The van der Waals surface area contributed by atoms with Gasteiger partial charge >= 0.3 is 0 Å². The maximum Gasteiger partial charge on any atom is 0.230 e. The highest BCUT2D eigenvalue weighted by Crippen LogP contribution is 2.21. The van der Waals surface area contributed by atoms with Gasteiger partial charge in [-0.15, -0.1) is 11.8 Å². The van der Waals surface area contributed by atoms with Crippen LogP contribution < -0.4 is 5.32 Å². The monoisotopic (exact) mass is 317 g/mol. The van der Waals surface area contributed by atoms with Crippen molar-refractivity contribution in [2.45, 2.75) is 24.3 Å². The molecule has 0 aliphatic carbocycles. The number of aliphatic hydroxyl groups is 1. The number of carbonyl (C=O) groups excluding carboxylic acids is 1. The first-order chi connectivity index (χ1) is 8.11. The van der Waals surface area contributed by atoms with Crippen molar-refractivity contribution < 1.29 is 9.90 Å². The van der Waals surface area contributed by atoms with Crippen molar-refractivity contribution in [2.75, 3.05) is 12.4 Å². The molecule has 0 spiro atoms. The van der Waals surface area contributed by atoms with E-state index in [4.69, 9.17) is 5.11 Å². The number of carbonyl (C=O) groups is 1. The number of aliphatic hydroxyl groups excluding tert-OH is 1. The fraction of sp³-hybridized carbons (Fsp3) is 0.417. The number of benzene rings is 1. The van der Waals surface area contributed by atoms with Gasteiger partial charge in [0.2, 0.25) is 5.91 Å². The Morgan fingerprint density at radius 2 is 2.35 bits per heavy atom. The van der Waals surface area contributed by atoms with Crippen molar-refractivity contribution in [2.24, 2.45) is 0 Å². The Bertz CT molecular complexity index is 373. The lowest BCUT2D eigenvalue weighted by Crippen LogP contribution is -2.34. The molecule has 1 aromatic rings. The van der Waals surface area contributed by atoms with Crippen LogP contribution in [0.15, 0.2) is 33.6 Å². The van der Waals surface area contributed by atoms with Crippen molar-refractivity contribution in [3.8, 4) is 0 Å². The van der Waals surface area contributed by atoms with Gasteiger partial charge in [-0.25, -0.2) is 0 Å². The lowest BCUT2D eigenvalue weighted by Gasteiger charge is -2.12. The molecule has 2 N–H and O–H groups in total. The van der Waals surface area contributed by atoms with Gasteiger partial charge in [0.1, 0.15) is 0 Å². The Balaban J connectivity index is 2.33. The van der Waals surface area contributed by atoms with Crippen LogP contribution in [0.3, 0.4) is 0 Å². The minimum absolute atomic E-state index is 0.00377. The quantitative estimate of drug-likeness (QED) is 0.792. The average molecular weight is 318 g/mol. The molecule has 1 atom stereocenters. The molecule has 0 aliphatic rings. The van der Waals surface area contributed by atoms with Gasteiger partial charge in [0.05, 0.1) is 5.75 Å². The molecular formula is C12H16BrNO2S. The number of nitrogens with one attached hydrogen (secondary N) is 1. The summed E-state index contributed by atoms with van der Waals surface area (Å²) in [6, 6.07) is 7.87. The highest BCUT2D eigenvalue weighted by atomic mass is 79.9. The van der Waals surface area contributed by atoms with Crippen LogP contribution in [0.2, 0.25) is 0 Å². The number of amides is 1. The molecule has 5 heteroatoms. The highest BCUT2D eigenvalue weighted by Gasteiger charge is 2.07. The summed E-state index contributed by atoms with van der Waals surface area (Å²) in [5, 5.41) is 11.6. The molecule has 1 unspecified atom stereocenters. The van der Waals surface area contributed by atoms with Crippen LogP contribution >= 0.6 is 27.7 Å². The lowest BCUT2D eigenvalue weighted by atomic mass is 10.2. The zero-order valence-electron chi connectivity index (χ0n) is 9.65. The minimum Gasteiger partial charge on any atom is -0.396 e. The van der Waals surface area contributed by atoms with Gasteiger partial charge in [-0.05, 0) is 31.5 Å². The normalized spacial score (nSPS) is 12.2. The van der Waals surface area contributed by atoms with Crippen LogP contribution in [0.25, 0.3) is 0 Å². The zero-order chi connectivity index (χ0) is 12.7. The van der Waals surface area contributed by atoms with E-state index in [1.165, 1.54) is 11.8 Å². The van der Waals surface area contributed by atoms with E-state index < -0.39 is 0 Å². The molecule has 1 rings (SSSR count). The van der Waals surface area contributed by atoms with Crippen LogP contribution in [0.5, 0.6) is 0 Å². The molecule has 1 aromatic carbocycles. The molecule has 94 valence electrons. The molecule has 0 fully saturated rings. The Morgan fingerprint density at radius 1 is 1.59 bits per heavy atom. The number of hydrogen-bond donors (Lipinski definition) is 2. The van der Waals surface area contributed by atoms with Gasteiger partial charge in [0.25, 0.3) is 0 Å². The second-order valence-electron chi connectivity index (χ2n) is 3.73. The van der Waals surface area contributed by atoms with Crippen LogP contribution in [0.1, 0.15) is 13.3 Å². The van der Waals surface area contributed by atoms with E-state index in [0.29, 0.717) is 12.2 Å². The van der Waals surface area contributed by atoms with Crippen LogP contribution in [-0.2, 0) is 4.79 Å². The minimum atomic E-state index is -0.00377. The predicted molar refractivity (Wildman–Crippen MR) is 74.2 cm³/mol. The smallest absolute Gasteiger partial charge is 0.230 e. The Kier molecular flexibility index (Phi) is 6.62. The summed E-state index contributed by atoms with van der Waals surface area (Å²) in [6.07, 6.45) is 0.591. The fourth-order valence-electron chi connectivity index (χ4n) is 1.29. The van der Waals surface area contributed by atoms with E-state index in [0.717, 1.165) is 9.37 Å². The Morgan fingerprint density at radius 3 is 3.00 bits per heavy atom. The van der Waals surface area contributed by atoms with Crippen LogP contribution in [0, 0.1) is 0 Å². The van der Waals surface area contributed by atoms with Gasteiger partial charge in [0.15, 0.2) is 0 Å². The van der Waals surface area contributed by atoms with Crippen molar-refractivity contribution >= 4 is 33.6 Å². The van der Waals surface area contributed by atoms with Crippen molar-refractivity contribution in [1.82, 2.24) is 5.32 Å². The van der Waals surface area contributed by atoms with E-state index in [-0.39, 0.29) is 18.6 Å². The largest absolute Gasteiger partial charge is 0.396 e. The number of hydrogen-bond acceptors (Lipinski definition) is 3. The fourth-order valence-corrected chi connectivity index (χ4v) is 2.60. The topological polar surface area (TPSA) is 49.3 Å². The van der Waals surface area contributed by atoms with Gasteiger partial charge < -0.3 is 10.4 Å². The summed E-state index contributed by atoms with van der Waals surface area (Å²) in [7, 11) is 0. The molecule has 3 nitrogen and oxygen atoms in total. The second kappa shape index (κ2) is 7.74. The Hall–Kier alpha value is -0.520. The van der Waals surface area contributed by atoms with Crippen LogP contribution in [-0.4, -0.2) is 29.4 Å². The lowest BCUT2D eigenvalue weighted by molar-refractivity contribution is -0.119. The van der Waals surface area contributed by atoms with Gasteiger partial charge in [-0.1, -0.05) is 22.0 Å². The third-order valence-electron chi connectivity index (χ3n) is 2.14. The predicted octanol–water partition coefficient (Wildman–Crippen LogP) is 2.43. The maximum absolute atomic E-state index is 11.6. The van der Waals surface area contributed by atoms with Gasteiger partial charge in [-0.3, -0.25) is 4.79 Å². The zero-order valence-corrected chi connectivity index (χ0v) is 12.1. The molecule has 0 saturated heterocycles. The molecule has 0 aliphatic heterocycles. The van der Waals surface area contributed by atoms with E-state index >= 15 is 0 Å². The SMILES string of the molecule is CC(CCO)NC(=O)CSc1cccc(Br)c1. The summed E-state index contributed by atoms with van der Waals surface area (Å²) in [4.78, 5) is 12.6. The standard InChI is InChI=1S/C12H16BrNO2S/c1-9(5-6-15)14-12(16)8-17-11-4-2-3-10(13)7-11/h2-4,7,9,15H,5-6,8H2,1H3,(H,14,16). The first-order valence-electron chi connectivity index (χ1n) is 5.40. The molecular weight excluding hydrogens is 302 g/mol. The molecule has 1 amide bonds. The highest BCUT2D eigenvalue weighted by molar-refractivity contribution is 9.10. The summed E-state index contributed by atoms with van der Waals surface area (Å²) < 4.78 is 1.01. The van der Waals surface area contributed by atoms with E-state index in [1.54, 1.807) is 0 Å². The molecule has 0 aromatic heterocycles. The first kappa shape index (κ1) is 14.5. The number of rotatable bonds is 6. The van der Waals surface area contributed by atoms with E-state index in [9.17, 15) is 4.79 Å². The Labute approximate surface area is 114 Å². The number of halogens is 1. The first-order valence-corrected chi connectivity index (χ1v) is 7.18. The third kappa shape index (κ3) is 6.10. The maximum atomic E-state index is 11.6. The summed E-state index contributed by atoms with van der Waals surface area (Å²) in [5.74, 6) is 0.391. The molecule has 0 heterocycles. The van der Waals surface area contributed by atoms with Crippen molar-refractivity contribution in [3.05, 3.63) is 28.7 Å². The third-order valence-corrected chi connectivity index (χ3v) is 3.62. The second-order valence-corrected chi connectivity index (χ2v) is 5.69. The summed E-state index contributed by atoms with van der Waals surface area (Å²) in [5.41, 5.74) is 0. The van der Waals surface area contributed by atoms with Crippen molar-refractivity contribution in [3.63, 3.8) is 0 Å². The van der Waals surface area contributed by atoms with E-state index in [2.05, 4.69) is 21.2 Å². The van der Waals surface area contributed by atoms with Crippen molar-refractivity contribution in [1.29, 1.82) is 0 Å². The van der Waals surface area contributed by atoms with E-state index in [1.807, 2.05) is 31.2 Å². The molecule has 17 heavy (non-hydrogen) atoms. The average Bonchev–Trinajstić information content (AvgIpc) is 2.27. The molecule has 0 saturated carbocycles. The number of thioether (sulfide) groups is 1. The van der Waals surface area contributed by atoms with Gasteiger partial charge in [0, 0.05) is 22.0 Å².